The van der Waals surface area contributed by atoms with Crippen LogP contribution in [-0.4, -0.2) is 38.1 Å². The maximum Gasteiger partial charge on any atom is 0.220 e. The van der Waals surface area contributed by atoms with Gasteiger partial charge in [0.15, 0.2) is 0 Å². The Morgan fingerprint density at radius 3 is 2.73 bits per heavy atom. The van der Waals surface area contributed by atoms with Crippen molar-refractivity contribution in [2.45, 2.75) is 19.4 Å². The summed E-state index contributed by atoms with van der Waals surface area (Å²) in [4.78, 5) is 14.3. The molecule has 0 unspecified atom stereocenters. The first-order valence-electron chi connectivity index (χ1n) is 9.98. The third kappa shape index (κ3) is 6.46. The Labute approximate surface area is 176 Å². The molecule has 0 saturated heterocycles. The largest absolute Gasteiger partial charge is 0.492 e. The van der Waals surface area contributed by atoms with E-state index in [4.69, 9.17) is 9.15 Å². The fourth-order valence-corrected chi connectivity index (χ4v) is 2.94. The van der Waals surface area contributed by atoms with Crippen LogP contribution in [-0.2, 0) is 17.8 Å². The minimum atomic E-state index is -0.330. The summed E-state index contributed by atoms with van der Waals surface area (Å²) in [5, 5.41) is 2.91. The molecule has 1 aromatic heterocycles. The van der Waals surface area contributed by atoms with Gasteiger partial charge >= 0.3 is 0 Å². The van der Waals surface area contributed by atoms with Crippen LogP contribution in [0.1, 0.15) is 17.7 Å². The van der Waals surface area contributed by atoms with Crippen LogP contribution in [0.25, 0.3) is 11.3 Å². The highest BCUT2D eigenvalue weighted by Crippen LogP contribution is 2.25. The van der Waals surface area contributed by atoms with E-state index in [1.807, 2.05) is 38.4 Å². The molecule has 1 N–H and O–H groups in total. The average Bonchev–Trinajstić information content (AvgIpc) is 3.20. The number of furan rings is 1. The number of benzene rings is 2. The topological polar surface area (TPSA) is 54.7 Å². The summed E-state index contributed by atoms with van der Waals surface area (Å²) in [6.07, 6.45) is 0.747. The molecule has 0 spiro atoms. The van der Waals surface area contributed by atoms with E-state index >= 15 is 0 Å². The summed E-state index contributed by atoms with van der Waals surface area (Å²) in [6.45, 7) is 1.88. The lowest BCUT2D eigenvalue weighted by Crippen LogP contribution is -2.23. The number of amides is 1. The average molecular weight is 410 g/mol. The highest BCUT2D eigenvalue weighted by molar-refractivity contribution is 5.76. The second-order valence-corrected chi connectivity index (χ2v) is 7.32. The predicted molar refractivity (Wildman–Crippen MR) is 115 cm³/mol. The lowest BCUT2D eigenvalue weighted by atomic mass is 10.1. The van der Waals surface area contributed by atoms with Crippen molar-refractivity contribution in [3.05, 3.63) is 77.8 Å². The molecule has 1 amide bonds. The lowest BCUT2D eigenvalue weighted by molar-refractivity contribution is -0.121. The van der Waals surface area contributed by atoms with Gasteiger partial charge in [-0.15, -0.1) is 0 Å². The van der Waals surface area contributed by atoms with Crippen LogP contribution in [0, 0.1) is 5.82 Å². The molecule has 158 valence electrons. The summed E-state index contributed by atoms with van der Waals surface area (Å²) < 4.78 is 25.3. The molecule has 3 rings (SSSR count). The van der Waals surface area contributed by atoms with Crippen LogP contribution < -0.4 is 10.1 Å². The number of hydrogen-bond donors (Lipinski definition) is 1. The molecule has 0 radical (unpaired) electrons. The van der Waals surface area contributed by atoms with Gasteiger partial charge in [0.1, 0.15) is 29.7 Å². The molecule has 5 nitrogen and oxygen atoms in total. The zero-order valence-corrected chi connectivity index (χ0v) is 17.4. The van der Waals surface area contributed by atoms with Crippen molar-refractivity contribution in [2.24, 2.45) is 0 Å². The van der Waals surface area contributed by atoms with Gasteiger partial charge in [0.25, 0.3) is 0 Å². The Morgan fingerprint density at radius 2 is 1.93 bits per heavy atom. The van der Waals surface area contributed by atoms with Gasteiger partial charge in [-0.2, -0.15) is 0 Å². The number of carbonyl (C=O) groups is 1. The second kappa shape index (κ2) is 10.6. The zero-order valence-electron chi connectivity index (χ0n) is 17.4. The van der Waals surface area contributed by atoms with Crippen molar-refractivity contribution in [3.63, 3.8) is 0 Å². The maximum absolute atomic E-state index is 13.9. The molecule has 30 heavy (non-hydrogen) atoms. The van der Waals surface area contributed by atoms with E-state index in [0.717, 1.165) is 17.9 Å². The summed E-state index contributed by atoms with van der Waals surface area (Å²) in [6, 6.07) is 17.7. The zero-order chi connectivity index (χ0) is 21.3. The lowest BCUT2D eigenvalue weighted by Gasteiger charge is -2.12. The van der Waals surface area contributed by atoms with Gasteiger partial charge in [-0.3, -0.25) is 4.79 Å². The highest BCUT2D eigenvalue weighted by atomic mass is 19.1. The van der Waals surface area contributed by atoms with Crippen LogP contribution >= 0.6 is 0 Å². The molecule has 0 aliphatic rings. The van der Waals surface area contributed by atoms with Crippen molar-refractivity contribution in [1.82, 2.24) is 10.2 Å². The van der Waals surface area contributed by atoms with Gasteiger partial charge in [0.05, 0.1) is 5.56 Å². The van der Waals surface area contributed by atoms with Gasteiger partial charge in [-0.25, -0.2) is 4.39 Å². The molecule has 0 aliphatic carbocycles. The third-order valence-electron chi connectivity index (χ3n) is 4.59. The van der Waals surface area contributed by atoms with Gasteiger partial charge in [0, 0.05) is 25.9 Å². The molecule has 0 bridgehead atoms. The van der Waals surface area contributed by atoms with E-state index in [9.17, 15) is 9.18 Å². The fourth-order valence-electron chi connectivity index (χ4n) is 2.94. The number of ether oxygens (including phenoxy) is 1. The Hall–Kier alpha value is -3.12. The summed E-state index contributed by atoms with van der Waals surface area (Å²) in [5.41, 5.74) is 1.39. The van der Waals surface area contributed by atoms with E-state index in [-0.39, 0.29) is 11.7 Å². The molecule has 1 heterocycles. The van der Waals surface area contributed by atoms with Crippen LogP contribution in [0.4, 0.5) is 4.39 Å². The Balaban J connectivity index is 1.45. The number of aryl methyl sites for hydroxylation is 1. The molecular formula is C24H27FN2O3. The van der Waals surface area contributed by atoms with Gasteiger partial charge in [0.2, 0.25) is 5.91 Å². The minimum absolute atomic E-state index is 0.0715. The first-order chi connectivity index (χ1) is 14.5. The summed E-state index contributed by atoms with van der Waals surface area (Å²) in [5.74, 6) is 1.51. The first kappa shape index (κ1) is 21.6. The Bertz CT molecular complexity index is 968. The first-order valence-corrected chi connectivity index (χ1v) is 9.98. The van der Waals surface area contributed by atoms with Crippen molar-refractivity contribution in [3.8, 4) is 17.1 Å². The van der Waals surface area contributed by atoms with E-state index in [2.05, 4.69) is 10.2 Å². The molecule has 0 fully saturated rings. The van der Waals surface area contributed by atoms with E-state index in [0.29, 0.717) is 43.1 Å². The van der Waals surface area contributed by atoms with Crippen molar-refractivity contribution in [1.29, 1.82) is 0 Å². The molecule has 0 aliphatic heterocycles. The summed E-state index contributed by atoms with van der Waals surface area (Å²) >= 11 is 0. The maximum atomic E-state index is 13.9. The molecular weight excluding hydrogens is 383 g/mol. The Morgan fingerprint density at radius 1 is 1.10 bits per heavy atom. The smallest absolute Gasteiger partial charge is 0.220 e. The number of nitrogens with one attached hydrogen (secondary N) is 1. The monoisotopic (exact) mass is 410 g/mol. The standard InChI is InChI=1S/C24H27FN2O3/c1-27(2)14-15-29-20-7-5-6-18(16-20)17-26-24(28)13-11-19-10-12-23(30-19)21-8-3-4-9-22(21)25/h3-10,12,16H,11,13-15,17H2,1-2H3,(H,26,28). The minimum Gasteiger partial charge on any atom is -0.492 e. The van der Waals surface area contributed by atoms with Crippen LogP contribution in [0.3, 0.4) is 0 Å². The number of halogens is 1. The second-order valence-electron chi connectivity index (χ2n) is 7.32. The van der Waals surface area contributed by atoms with Gasteiger partial charge < -0.3 is 19.4 Å². The third-order valence-corrected chi connectivity index (χ3v) is 4.59. The van der Waals surface area contributed by atoms with Crippen LogP contribution in [0.15, 0.2) is 65.1 Å². The summed E-state index contributed by atoms with van der Waals surface area (Å²) in [7, 11) is 4.00. The SMILES string of the molecule is CN(C)CCOc1cccc(CNC(=O)CCc2ccc(-c3ccccc3F)o2)c1. The number of likely N-dealkylation sites (N-methyl/N-ethyl adjacent to an activating group) is 1. The number of carbonyl (C=O) groups excluding carboxylic acids is 1. The van der Waals surface area contributed by atoms with Crippen molar-refractivity contribution < 1.29 is 18.3 Å². The predicted octanol–water partition coefficient (Wildman–Crippen LogP) is 4.28. The van der Waals surface area contributed by atoms with Crippen LogP contribution in [0.5, 0.6) is 5.75 Å². The van der Waals surface area contributed by atoms with Crippen molar-refractivity contribution in [2.75, 3.05) is 27.2 Å². The normalized spacial score (nSPS) is 10.9. The van der Waals surface area contributed by atoms with Crippen molar-refractivity contribution >= 4 is 5.91 Å². The van der Waals surface area contributed by atoms with E-state index < -0.39 is 0 Å². The molecule has 2 aromatic carbocycles. The quantitative estimate of drug-likeness (QED) is 0.542. The fraction of sp³-hybridized carbons (Fsp3) is 0.292. The molecule has 3 aromatic rings. The Kier molecular flexibility index (Phi) is 7.63. The number of rotatable bonds is 10. The number of hydrogen-bond acceptors (Lipinski definition) is 4. The van der Waals surface area contributed by atoms with Crippen LogP contribution in [0.2, 0.25) is 0 Å². The highest BCUT2D eigenvalue weighted by Gasteiger charge is 2.10. The molecule has 0 saturated carbocycles. The molecule has 0 atom stereocenters. The van der Waals surface area contributed by atoms with Gasteiger partial charge in [-0.05, 0) is 56.1 Å². The van der Waals surface area contributed by atoms with E-state index in [1.54, 1.807) is 30.3 Å². The number of nitrogens with zero attached hydrogens (tertiary/aromatic N) is 1. The van der Waals surface area contributed by atoms with E-state index in [1.165, 1.54) is 6.07 Å². The van der Waals surface area contributed by atoms with Gasteiger partial charge in [-0.1, -0.05) is 24.3 Å². The molecule has 6 heteroatoms.